The third-order valence-electron chi connectivity index (χ3n) is 15.6. The van der Waals surface area contributed by atoms with Crippen LogP contribution in [0.25, 0.3) is 83.4 Å². The second-order valence-electron chi connectivity index (χ2n) is 24.9. The molecule has 0 N–H and O–H groups in total. The number of fused-ring (bicyclic) bond motifs is 4. The molecule has 402 valence electrons. The number of aromatic nitrogens is 4. The minimum absolute atomic E-state index is 0.0598. The van der Waals surface area contributed by atoms with Crippen molar-refractivity contribution in [3.05, 3.63) is 259 Å². The smallest absolute Gasteiger partial charge is 0.269 e. The zero-order valence-electron chi connectivity index (χ0n) is 55.2. The van der Waals surface area contributed by atoms with Gasteiger partial charge in [0, 0.05) is 31.3 Å². The fraction of sp³-hybridized carbons (Fsp3) is 0.211. The average Bonchev–Trinajstić information content (AvgIpc) is 1.52. The van der Waals surface area contributed by atoms with Crippen LogP contribution < -0.4 is 9.30 Å². The fourth-order valence-corrected chi connectivity index (χ4v) is 11.1. The Kier molecular flexibility index (Phi) is 11.3. The minimum Gasteiger partial charge on any atom is -0.458 e. The Morgan fingerprint density at radius 3 is 1.81 bits per heavy atom. The first-order valence-corrected chi connectivity index (χ1v) is 27.9. The molecule has 12 rings (SSSR count). The molecule has 0 aliphatic carbocycles. The Hall–Kier alpha value is -8.80. The normalized spacial score (nSPS) is 13.8. The Balaban J connectivity index is 0.997. The van der Waals surface area contributed by atoms with Crippen LogP contribution in [0, 0.1) is 6.33 Å². The van der Waals surface area contributed by atoms with Crippen LogP contribution in [0.5, 0.6) is 11.5 Å². The van der Waals surface area contributed by atoms with Gasteiger partial charge in [-0.25, -0.2) is 4.98 Å². The molecule has 0 atom stereocenters. The van der Waals surface area contributed by atoms with Crippen molar-refractivity contribution < 1.29 is 18.9 Å². The van der Waals surface area contributed by atoms with Crippen LogP contribution in [0.3, 0.4) is 0 Å². The Morgan fingerprint density at radius 1 is 0.494 bits per heavy atom. The maximum absolute atomic E-state index is 10.2. The number of hydrogen-bond acceptors (Lipinski definition) is 2. The molecule has 0 aliphatic rings. The molecule has 0 saturated heterocycles. The van der Waals surface area contributed by atoms with Crippen molar-refractivity contribution in [3.63, 3.8) is 0 Å². The van der Waals surface area contributed by atoms with Gasteiger partial charge in [0.2, 0.25) is 0 Å². The molecule has 5 heteroatoms. The molecule has 0 saturated carbocycles. The molecule has 0 bridgehead atoms. The molecule has 0 fully saturated rings. The summed E-state index contributed by atoms with van der Waals surface area (Å²) in [4.78, 5) is 5.20. The van der Waals surface area contributed by atoms with Gasteiger partial charge in [-0.05, 0) is 126 Å². The summed E-state index contributed by atoms with van der Waals surface area (Å²) in [6, 6.07) is 60.9. The van der Waals surface area contributed by atoms with Crippen molar-refractivity contribution in [3.8, 4) is 62.1 Å². The standard InChI is InChI=1S/C76H72N4O/c1-73(2,3)55-38-36-52(37-39-55)66-49-77-71(44-54(66)48-76(10,11)56-26-16-13-17-27-56)80-67-33-19-18-30-64(67)65-41-40-61(47-70(65)80)81-60-29-22-28-59(46-60)78-50-79(69-35-21-20-34-68(69)78)72-62(51-24-14-12-15-25-51)31-23-32-63(72)53-42-57(74(4,5)6)45-58(43-53)75(7,8)9/h12-47,49H,48H2,1-11H3/i12D,14D,15D,24D,25D,48D2. The zero-order valence-corrected chi connectivity index (χ0v) is 48.2. The quantitative estimate of drug-likeness (QED) is 0.0956. The number of ether oxygens (including phenoxy) is 1. The van der Waals surface area contributed by atoms with Gasteiger partial charge in [-0.2, -0.15) is 0 Å². The van der Waals surface area contributed by atoms with Crippen LogP contribution in [-0.4, -0.2) is 14.1 Å². The van der Waals surface area contributed by atoms with Crippen LogP contribution in [0.4, 0.5) is 0 Å². The molecule has 0 aliphatic heterocycles. The number of para-hydroxylation sites is 4. The van der Waals surface area contributed by atoms with E-state index in [2.05, 4.69) is 134 Å². The van der Waals surface area contributed by atoms with Gasteiger partial charge in [0.25, 0.3) is 6.33 Å². The molecule has 81 heavy (non-hydrogen) atoms. The van der Waals surface area contributed by atoms with Crippen LogP contribution >= 0.6 is 0 Å². The van der Waals surface area contributed by atoms with E-state index in [1.165, 1.54) is 5.56 Å². The van der Waals surface area contributed by atoms with Crippen molar-refractivity contribution in [1.82, 2.24) is 14.1 Å². The summed E-state index contributed by atoms with van der Waals surface area (Å²) in [7, 11) is 0. The van der Waals surface area contributed by atoms with Gasteiger partial charge >= 0.3 is 0 Å². The molecule has 0 unspecified atom stereocenters. The van der Waals surface area contributed by atoms with E-state index in [0.717, 1.165) is 77.5 Å². The molecule has 0 spiro atoms. The van der Waals surface area contributed by atoms with Gasteiger partial charge < -0.3 is 4.74 Å². The Bertz CT molecular complexity index is 4650. The lowest BCUT2D eigenvalue weighted by Crippen LogP contribution is -2.31. The molecular weight excluding hydrogens is 985 g/mol. The average molecular weight is 1060 g/mol. The minimum atomic E-state index is -1.88. The lowest BCUT2D eigenvalue weighted by Gasteiger charge is -2.27. The van der Waals surface area contributed by atoms with Crippen LogP contribution in [-0.2, 0) is 28.0 Å². The second-order valence-corrected chi connectivity index (χ2v) is 24.9. The number of pyridine rings is 1. The summed E-state index contributed by atoms with van der Waals surface area (Å²) >= 11 is 0. The van der Waals surface area contributed by atoms with E-state index in [1.807, 2.05) is 157 Å². The van der Waals surface area contributed by atoms with Gasteiger partial charge in [-0.1, -0.05) is 246 Å². The maximum Gasteiger partial charge on any atom is 0.269 e. The first-order chi connectivity index (χ1) is 41.6. The van der Waals surface area contributed by atoms with Gasteiger partial charge in [0.05, 0.1) is 40.3 Å². The van der Waals surface area contributed by atoms with Gasteiger partial charge in [-0.3, -0.25) is 13.7 Å². The van der Waals surface area contributed by atoms with Crippen LogP contribution in [0.15, 0.2) is 224 Å². The number of imidazole rings is 1. The van der Waals surface area contributed by atoms with E-state index in [9.17, 15) is 5.48 Å². The van der Waals surface area contributed by atoms with Gasteiger partial charge in [0.15, 0.2) is 0 Å². The molecule has 0 radical (unpaired) electrons. The van der Waals surface area contributed by atoms with Crippen molar-refractivity contribution >= 4 is 32.8 Å². The molecular formula is C76H72N4O. The van der Waals surface area contributed by atoms with Crippen LogP contribution in [0.1, 0.15) is 114 Å². The lowest BCUT2D eigenvalue weighted by molar-refractivity contribution is -0.571. The maximum atomic E-state index is 10.2. The van der Waals surface area contributed by atoms with Gasteiger partial charge in [0.1, 0.15) is 17.3 Å². The molecule has 0 amide bonds. The summed E-state index contributed by atoms with van der Waals surface area (Å²) in [6.07, 6.45) is 3.66. The topological polar surface area (TPSA) is 35.9 Å². The van der Waals surface area contributed by atoms with E-state index < -0.39 is 29.9 Å². The Morgan fingerprint density at radius 2 is 1.11 bits per heavy atom. The molecule has 5 nitrogen and oxygen atoms in total. The lowest BCUT2D eigenvalue weighted by atomic mass is 9.78. The van der Waals surface area contributed by atoms with Crippen molar-refractivity contribution in [2.75, 3.05) is 0 Å². The number of hydrogen-bond donors (Lipinski definition) is 0. The largest absolute Gasteiger partial charge is 0.458 e. The fourth-order valence-electron chi connectivity index (χ4n) is 11.1. The molecule has 3 aromatic heterocycles. The van der Waals surface area contributed by atoms with Crippen molar-refractivity contribution in [2.24, 2.45) is 0 Å². The molecule has 9 aromatic carbocycles. The third kappa shape index (κ3) is 10.3. The van der Waals surface area contributed by atoms with Gasteiger partial charge in [-0.15, -0.1) is 0 Å². The Labute approximate surface area is 488 Å². The van der Waals surface area contributed by atoms with E-state index in [-0.39, 0.29) is 33.9 Å². The monoisotopic (exact) mass is 1060 g/mol. The summed E-state index contributed by atoms with van der Waals surface area (Å²) in [5, 5.41) is 2.00. The predicted molar refractivity (Wildman–Crippen MR) is 338 cm³/mol. The molecule has 3 heterocycles. The highest BCUT2D eigenvalue weighted by Crippen LogP contribution is 2.42. The molecule has 12 aromatic rings. The summed E-state index contributed by atoms with van der Waals surface area (Å²) in [5.74, 6) is 1.70. The highest BCUT2D eigenvalue weighted by molar-refractivity contribution is 6.09. The highest BCUT2D eigenvalue weighted by atomic mass is 16.5. The predicted octanol–water partition coefficient (Wildman–Crippen LogP) is 19.4. The number of benzene rings is 9. The highest BCUT2D eigenvalue weighted by Gasteiger charge is 2.27. The summed E-state index contributed by atoms with van der Waals surface area (Å²) in [6.45, 7) is 23.7. The zero-order chi connectivity index (χ0) is 62.6. The first kappa shape index (κ1) is 45.0. The van der Waals surface area contributed by atoms with Crippen LogP contribution in [0.2, 0.25) is 0 Å². The second kappa shape index (κ2) is 20.4. The van der Waals surface area contributed by atoms with E-state index in [0.29, 0.717) is 34.1 Å². The first-order valence-electron chi connectivity index (χ1n) is 31.4. The SMILES string of the molecule is [2H]c1c([2H])c([2H])c(-c2cccc(-c3cc(C(C)(C)C)cc(C(C)(C)C)c3)c2-[n+]2[c-]n(-c3cccc(Oc4ccc5c6ccccc6n(-c6cc(C([2H])([2H])C(C)(C)c7ccccc7)c(-c7ccc(C(C)(C)C)cc7)cn6)c5c4)c3)c3ccccc32)c([2H])c1[2H]. The number of nitrogens with zero attached hydrogens (tertiary/aromatic N) is 4. The third-order valence-corrected chi connectivity index (χ3v) is 15.6. The number of rotatable bonds is 11. The van der Waals surface area contributed by atoms with Crippen molar-refractivity contribution in [2.45, 2.75) is 104 Å². The summed E-state index contributed by atoms with van der Waals surface area (Å²) in [5.41, 5.74) is 12.0. The summed E-state index contributed by atoms with van der Waals surface area (Å²) < 4.78 is 78.0. The van der Waals surface area contributed by atoms with E-state index in [4.69, 9.17) is 13.8 Å². The van der Waals surface area contributed by atoms with E-state index >= 15 is 0 Å². The van der Waals surface area contributed by atoms with Crippen molar-refractivity contribution in [1.29, 1.82) is 0 Å². The van der Waals surface area contributed by atoms with E-state index in [1.54, 1.807) is 0 Å².